The van der Waals surface area contributed by atoms with Gasteiger partial charge in [-0.2, -0.15) is 0 Å². The highest BCUT2D eigenvalue weighted by molar-refractivity contribution is 6.15. The van der Waals surface area contributed by atoms with Crippen LogP contribution in [0.25, 0.3) is 0 Å². The summed E-state index contributed by atoms with van der Waals surface area (Å²) in [5, 5.41) is 0. The van der Waals surface area contributed by atoms with Crippen LogP contribution in [0.1, 0.15) is 60.3 Å². The molecule has 8 nitrogen and oxygen atoms in total. The number of esters is 4. The van der Waals surface area contributed by atoms with E-state index in [1.807, 2.05) is 6.92 Å². The lowest BCUT2D eigenvalue weighted by molar-refractivity contribution is -0.203. The average Bonchev–Trinajstić information content (AvgIpc) is 2.73. The summed E-state index contributed by atoms with van der Waals surface area (Å²) < 4.78 is 20.7. The Morgan fingerprint density at radius 1 is 0.710 bits per heavy atom. The maximum Gasteiger partial charge on any atom is 0.326 e. The molecule has 0 aliphatic heterocycles. The molecule has 0 saturated heterocycles. The molecule has 0 amide bonds. The van der Waals surface area contributed by atoms with Gasteiger partial charge in [-0.3, -0.25) is 19.2 Å². The number of hydrogen-bond donors (Lipinski definition) is 0. The molecule has 174 valence electrons. The van der Waals surface area contributed by atoms with Gasteiger partial charge < -0.3 is 18.9 Å². The molecule has 0 radical (unpaired) electrons. The van der Waals surface area contributed by atoms with E-state index in [-0.39, 0.29) is 26.4 Å². The quantitative estimate of drug-likeness (QED) is 0.142. The van der Waals surface area contributed by atoms with Gasteiger partial charge in [0.1, 0.15) is 0 Å². The predicted octanol–water partition coefficient (Wildman–Crippen LogP) is 2.98. The number of ether oxygens (including phenoxy) is 4. The highest BCUT2D eigenvalue weighted by Crippen LogP contribution is 2.50. The van der Waals surface area contributed by atoms with Gasteiger partial charge in [0, 0.05) is 12.8 Å². The first kappa shape index (κ1) is 28.2. The van der Waals surface area contributed by atoms with Crippen molar-refractivity contribution in [3.63, 3.8) is 0 Å². The van der Waals surface area contributed by atoms with Crippen LogP contribution in [0.15, 0.2) is 12.7 Å². The SMILES string of the molecule is C=CCC(C(=O)OCC)(C(=O)OCC)C(CC#CCCC)(C(=O)OCC)C(=O)OCC. The standard InChI is InChI=1S/C23H34O8/c1-7-13-14-15-17-23(20(26)30-11-5,21(27)31-12-6)22(16-8-2,18(24)28-9-3)19(25)29-10-4/h8H,2,7,9-13,16-17H2,1,3-6H3. The topological polar surface area (TPSA) is 105 Å². The van der Waals surface area contributed by atoms with E-state index in [0.717, 1.165) is 6.42 Å². The molecule has 31 heavy (non-hydrogen) atoms. The van der Waals surface area contributed by atoms with Crippen molar-refractivity contribution in [2.24, 2.45) is 10.8 Å². The Balaban J connectivity index is 7.33. The van der Waals surface area contributed by atoms with Crippen LogP contribution in [-0.4, -0.2) is 50.3 Å². The fourth-order valence-electron chi connectivity index (χ4n) is 3.14. The Morgan fingerprint density at radius 3 is 1.42 bits per heavy atom. The summed E-state index contributed by atoms with van der Waals surface area (Å²) in [6.45, 7) is 11.3. The smallest absolute Gasteiger partial charge is 0.326 e. The molecule has 0 bridgehead atoms. The second-order valence-corrected chi connectivity index (χ2v) is 6.47. The van der Waals surface area contributed by atoms with Crippen LogP contribution in [0.4, 0.5) is 0 Å². The number of rotatable bonds is 13. The Kier molecular flexibility index (Phi) is 12.9. The van der Waals surface area contributed by atoms with Crippen LogP contribution in [0, 0.1) is 22.7 Å². The fourth-order valence-corrected chi connectivity index (χ4v) is 3.14. The first-order valence-electron chi connectivity index (χ1n) is 10.6. The zero-order chi connectivity index (χ0) is 23.9. The van der Waals surface area contributed by atoms with E-state index in [2.05, 4.69) is 18.4 Å². The minimum absolute atomic E-state index is 0.0968. The molecule has 0 unspecified atom stereocenters. The highest BCUT2D eigenvalue weighted by Gasteiger charge is 2.72. The van der Waals surface area contributed by atoms with E-state index in [1.165, 1.54) is 6.08 Å². The van der Waals surface area contributed by atoms with Crippen LogP contribution >= 0.6 is 0 Å². The van der Waals surface area contributed by atoms with Crippen molar-refractivity contribution in [1.29, 1.82) is 0 Å². The molecule has 0 atom stereocenters. The summed E-state index contributed by atoms with van der Waals surface area (Å²) in [5.74, 6) is 1.18. The van der Waals surface area contributed by atoms with Gasteiger partial charge >= 0.3 is 23.9 Å². The molecule has 0 aliphatic rings. The zero-order valence-electron chi connectivity index (χ0n) is 19.2. The van der Waals surface area contributed by atoms with E-state index in [0.29, 0.717) is 6.42 Å². The van der Waals surface area contributed by atoms with Crippen LogP contribution in [0.2, 0.25) is 0 Å². The van der Waals surface area contributed by atoms with Crippen molar-refractivity contribution in [2.75, 3.05) is 26.4 Å². The Hall–Kier alpha value is -2.82. The average molecular weight is 439 g/mol. The van der Waals surface area contributed by atoms with Gasteiger partial charge in [-0.1, -0.05) is 13.0 Å². The lowest BCUT2D eigenvalue weighted by atomic mass is 9.59. The van der Waals surface area contributed by atoms with E-state index >= 15 is 0 Å². The third-order valence-corrected chi connectivity index (χ3v) is 4.53. The van der Waals surface area contributed by atoms with E-state index in [1.54, 1.807) is 27.7 Å². The van der Waals surface area contributed by atoms with Gasteiger partial charge in [-0.05, 0) is 40.5 Å². The monoisotopic (exact) mass is 438 g/mol. The van der Waals surface area contributed by atoms with E-state index in [9.17, 15) is 19.2 Å². The summed E-state index contributed by atoms with van der Waals surface area (Å²) >= 11 is 0. The molecule has 0 aromatic heterocycles. The Bertz CT molecular complexity index is 662. The number of unbranched alkanes of at least 4 members (excludes halogenated alkanes) is 1. The van der Waals surface area contributed by atoms with Crippen LogP contribution < -0.4 is 0 Å². The number of allylic oxidation sites excluding steroid dienone is 1. The first-order valence-corrected chi connectivity index (χ1v) is 10.6. The number of carbonyl (C=O) groups excluding carboxylic acids is 4. The molecule has 0 aromatic carbocycles. The molecular weight excluding hydrogens is 404 g/mol. The molecule has 0 spiro atoms. The fraction of sp³-hybridized carbons (Fsp3) is 0.652. The van der Waals surface area contributed by atoms with Gasteiger partial charge in [-0.25, -0.2) is 0 Å². The first-order chi connectivity index (χ1) is 14.8. The molecule has 0 rings (SSSR count). The van der Waals surface area contributed by atoms with Crippen molar-refractivity contribution < 1.29 is 38.1 Å². The van der Waals surface area contributed by atoms with E-state index in [4.69, 9.17) is 18.9 Å². The van der Waals surface area contributed by atoms with Gasteiger partial charge in [0.25, 0.3) is 0 Å². The minimum Gasteiger partial charge on any atom is -0.465 e. The van der Waals surface area contributed by atoms with Crippen LogP contribution in [0.3, 0.4) is 0 Å². The summed E-state index contributed by atoms with van der Waals surface area (Å²) in [6.07, 6.45) is 1.58. The molecule has 8 heteroatoms. The maximum atomic E-state index is 13.3. The maximum absolute atomic E-state index is 13.3. The number of carbonyl (C=O) groups is 4. The van der Waals surface area contributed by atoms with E-state index < -0.39 is 47.5 Å². The molecular formula is C23H34O8. The third kappa shape index (κ3) is 6.09. The van der Waals surface area contributed by atoms with Gasteiger partial charge in [-0.15, -0.1) is 18.4 Å². The second-order valence-electron chi connectivity index (χ2n) is 6.47. The summed E-state index contributed by atoms with van der Waals surface area (Å²) in [7, 11) is 0. The lowest BCUT2D eigenvalue weighted by Crippen LogP contribution is -2.62. The minimum atomic E-state index is -2.44. The van der Waals surface area contributed by atoms with Gasteiger partial charge in [0.2, 0.25) is 5.41 Å². The summed E-state index contributed by atoms with van der Waals surface area (Å²) in [4.78, 5) is 53.3. The normalized spacial score (nSPS) is 10.9. The van der Waals surface area contributed by atoms with Crippen molar-refractivity contribution in [3.8, 4) is 11.8 Å². The molecule has 0 aromatic rings. The van der Waals surface area contributed by atoms with Gasteiger partial charge in [0.05, 0.1) is 26.4 Å². The molecule has 0 heterocycles. The molecule has 0 saturated carbocycles. The highest BCUT2D eigenvalue weighted by atomic mass is 16.6. The molecule has 0 aliphatic carbocycles. The summed E-state index contributed by atoms with van der Waals surface area (Å²) in [5.41, 5.74) is -4.85. The van der Waals surface area contributed by atoms with Crippen molar-refractivity contribution in [1.82, 2.24) is 0 Å². The Morgan fingerprint density at radius 2 is 1.10 bits per heavy atom. The lowest BCUT2D eigenvalue weighted by Gasteiger charge is -2.41. The molecule has 0 N–H and O–H groups in total. The van der Waals surface area contributed by atoms with Crippen molar-refractivity contribution in [3.05, 3.63) is 12.7 Å². The zero-order valence-corrected chi connectivity index (χ0v) is 19.2. The Labute approximate surface area is 184 Å². The summed E-state index contributed by atoms with van der Waals surface area (Å²) in [6, 6.07) is 0. The van der Waals surface area contributed by atoms with Crippen molar-refractivity contribution in [2.45, 2.75) is 60.3 Å². The van der Waals surface area contributed by atoms with Gasteiger partial charge in [0.15, 0.2) is 5.41 Å². The number of hydrogen-bond acceptors (Lipinski definition) is 8. The second kappa shape index (κ2) is 14.2. The van der Waals surface area contributed by atoms with Crippen molar-refractivity contribution >= 4 is 23.9 Å². The third-order valence-electron chi connectivity index (χ3n) is 4.53. The molecule has 0 fully saturated rings. The van der Waals surface area contributed by atoms with Crippen LogP contribution in [0.5, 0.6) is 0 Å². The van der Waals surface area contributed by atoms with Crippen LogP contribution in [-0.2, 0) is 38.1 Å². The predicted molar refractivity (Wildman–Crippen MR) is 114 cm³/mol. The largest absolute Gasteiger partial charge is 0.465 e.